The number of hydrogen-bond acceptors (Lipinski definition) is 3. The van der Waals surface area contributed by atoms with Crippen molar-refractivity contribution in [1.82, 2.24) is 0 Å². The highest BCUT2D eigenvalue weighted by atomic mass is 16.5. The first-order chi connectivity index (χ1) is 9.78. The normalized spacial score (nSPS) is 11.9. The largest absolute Gasteiger partial charge is 0.491 e. The van der Waals surface area contributed by atoms with E-state index < -0.39 is 0 Å². The first-order valence-electron chi connectivity index (χ1n) is 6.70. The predicted octanol–water partition coefficient (Wildman–Crippen LogP) is 3.68. The Hall–Kier alpha value is -2.00. The van der Waals surface area contributed by atoms with Gasteiger partial charge in [-0.2, -0.15) is 0 Å². The molecule has 0 aromatic heterocycles. The van der Waals surface area contributed by atoms with Crippen molar-refractivity contribution in [2.45, 2.75) is 19.6 Å². The van der Waals surface area contributed by atoms with E-state index >= 15 is 0 Å². The maximum atomic E-state index is 5.71. The molecule has 0 unspecified atom stereocenters. The zero-order valence-corrected chi connectivity index (χ0v) is 11.9. The summed E-state index contributed by atoms with van der Waals surface area (Å²) in [5.41, 5.74) is 1.15. The van der Waals surface area contributed by atoms with E-state index in [9.17, 15) is 0 Å². The van der Waals surface area contributed by atoms with Crippen LogP contribution in [-0.4, -0.2) is 19.8 Å². The maximum absolute atomic E-state index is 5.71. The van der Waals surface area contributed by atoms with Crippen LogP contribution in [0.15, 0.2) is 54.6 Å². The van der Waals surface area contributed by atoms with Gasteiger partial charge in [-0.25, -0.2) is 0 Å². The molecule has 0 bridgehead atoms. The van der Waals surface area contributed by atoms with E-state index in [1.54, 1.807) is 7.11 Å². The minimum atomic E-state index is 0.0870. The summed E-state index contributed by atoms with van der Waals surface area (Å²) in [6, 6.07) is 17.7. The summed E-state index contributed by atoms with van der Waals surface area (Å²) < 4.78 is 16.4. The van der Waals surface area contributed by atoms with Crippen molar-refractivity contribution in [1.29, 1.82) is 0 Å². The summed E-state index contributed by atoms with van der Waals surface area (Å²) in [5.74, 6) is 1.65. The molecule has 0 aliphatic rings. The Morgan fingerprint density at radius 1 is 0.850 bits per heavy atom. The van der Waals surface area contributed by atoms with Crippen LogP contribution in [0.5, 0.6) is 11.5 Å². The van der Waals surface area contributed by atoms with Crippen LogP contribution in [0.2, 0.25) is 0 Å². The van der Waals surface area contributed by atoms with Crippen LogP contribution in [0.3, 0.4) is 0 Å². The molecule has 2 aromatic carbocycles. The van der Waals surface area contributed by atoms with Crippen molar-refractivity contribution >= 4 is 0 Å². The van der Waals surface area contributed by atoms with Crippen LogP contribution in [-0.2, 0) is 11.3 Å². The molecular weight excluding hydrogens is 252 g/mol. The second-order valence-electron chi connectivity index (χ2n) is 4.60. The fraction of sp³-hybridized carbons (Fsp3) is 0.294. The molecule has 0 saturated heterocycles. The Bertz CT molecular complexity index is 493. The summed E-state index contributed by atoms with van der Waals surface area (Å²) >= 11 is 0. The second-order valence-corrected chi connectivity index (χ2v) is 4.60. The van der Waals surface area contributed by atoms with E-state index in [2.05, 4.69) is 0 Å². The lowest BCUT2D eigenvalue weighted by Gasteiger charge is -2.12. The Labute approximate surface area is 120 Å². The van der Waals surface area contributed by atoms with E-state index in [1.807, 2.05) is 61.5 Å². The molecule has 3 nitrogen and oxygen atoms in total. The standard InChI is InChI=1S/C17H20O3/c1-14(18-2)12-19-16-8-10-17(11-9-16)20-13-15-6-4-3-5-7-15/h3-11,14H,12-13H2,1-2H3/t14-/m0/s1. The zero-order valence-electron chi connectivity index (χ0n) is 11.9. The highest BCUT2D eigenvalue weighted by molar-refractivity contribution is 5.31. The molecule has 0 saturated carbocycles. The van der Waals surface area contributed by atoms with Crippen LogP contribution in [0.25, 0.3) is 0 Å². The number of rotatable bonds is 7. The molecule has 0 heterocycles. The third-order valence-corrected chi connectivity index (χ3v) is 2.96. The molecule has 1 atom stereocenters. The lowest BCUT2D eigenvalue weighted by molar-refractivity contribution is 0.0716. The third-order valence-electron chi connectivity index (χ3n) is 2.96. The van der Waals surface area contributed by atoms with Gasteiger partial charge in [0.2, 0.25) is 0 Å². The zero-order chi connectivity index (χ0) is 14.2. The van der Waals surface area contributed by atoms with E-state index in [0.29, 0.717) is 13.2 Å². The first kappa shape index (κ1) is 14.4. The van der Waals surface area contributed by atoms with Crippen molar-refractivity contribution in [3.63, 3.8) is 0 Å². The van der Waals surface area contributed by atoms with E-state index in [-0.39, 0.29) is 6.10 Å². The molecule has 2 rings (SSSR count). The van der Waals surface area contributed by atoms with Gasteiger partial charge in [0, 0.05) is 7.11 Å². The second kappa shape index (κ2) is 7.56. The van der Waals surface area contributed by atoms with E-state index in [4.69, 9.17) is 14.2 Å². The van der Waals surface area contributed by atoms with Gasteiger partial charge in [0.1, 0.15) is 24.7 Å². The number of hydrogen-bond donors (Lipinski definition) is 0. The Morgan fingerprint density at radius 2 is 1.45 bits per heavy atom. The van der Waals surface area contributed by atoms with Gasteiger partial charge in [-0.1, -0.05) is 30.3 Å². The van der Waals surface area contributed by atoms with Gasteiger partial charge in [0.15, 0.2) is 0 Å². The first-order valence-corrected chi connectivity index (χ1v) is 6.70. The van der Waals surface area contributed by atoms with Gasteiger partial charge in [-0.3, -0.25) is 0 Å². The molecule has 2 aromatic rings. The van der Waals surface area contributed by atoms with Crippen molar-refractivity contribution in [3.05, 3.63) is 60.2 Å². The highest BCUT2D eigenvalue weighted by Crippen LogP contribution is 2.19. The van der Waals surface area contributed by atoms with Crippen LogP contribution in [0, 0.1) is 0 Å². The van der Waals surface area contributed by atoms with Crippen LogP contribution >= 0.6 is 0 Å². The van der Waals surface area contributed by atoms with Crippen molar-refractivity contribution < 1.29 is 14.2 Å². The van der Waals surface area contributed by atoms with Crippen molar-refractivity contribution in [3.8, 4) is 11.5 Å². The van der Waals surface area contributed by atoms with E-state index in [1.165, 1.54) is 0 Å². The van der Waals surface area contributed by atoms with Gasteiger partial charge in [0.05, 0.1) is 6.10 Å². The minimum absolute atomic E-state index is 0.0870. The fourth-order valence-corrected chi connectivity index (χ4v) is 1.65. The van der Waals surface area contributed by atoms with Gasteiger partial charge < -0.3 is 14.2 Å². The summed E-state index contributed by atoms with van der Waals surface area (Å²) in [7, 11) is 1.68. The SMILES string of the molecule is CO[C@@H](C)COc1ccc(OCc2ccccc2)cc1. The third kappa shape index (κ3) is 4.59. The average Bonchev–Trinajstić information content (AvgIpc) is 2.52. The molecule has 0 radical (unpaired) electrons. The predicted molar refractivity (Wildman–Crippen MR) is 79.2 cm³/mol. The Kier molecular flexibility index (Phi) is 5.44. The summed E-state index contributed by atoms with van der Waals surface area (Å²) in [6.45, 7) is 3.08. The summed E-state index contributed by atoms with van der Waals surface area (Å²) in [5, 5.41) is 0. The molecule has 0 spiro atoms. The van der Waals surface area contributed by atoms with Gasteiger partial charge in [-0.15, -0.1) is 0 Å². The summed E-state index contributed by atoms with van der Waals surface area (Å²) in [6.07, 6.45) is 0.0870. The molecule has 0 aliphatic carbocycles. The van der Waals surface area contributed by atoms with Crippen molar-refractivity contribution in [2.24, 2.45) is 0 Å². The molecule has 20 heavy (non-hydrogen) atoms. The van der Waals surface area contributed by atoms with Crippen LogP contribution in [0.1, 0.15) is 12.5 Å². The summed E-state index contributed by atoms with van der Waals surface area (Å²) in [4.78, 5) is 0. The smallest absolute Gasteiger partial charge is 0.120 e. The minimum Gasteiger partial charge on any atom is -0.491 e. The number of methoxy groups -OCH3 is 1. The fourth-order valence-electron chi connectivity index (χ4n) is 1.65. The molecule has 106 valence electrons. The lowest BCUT2D eigenvalue weighted by Crippen LogP contribution is -2.15. The van der Waals surface area contributed by atoms with Crippen LogP contribution < -0.4 is 9.47 Å². The topological polar surface area (TPSA) is 27.7 Å². The molecule has 3 heteroatoms. The number of benzene rings is 2. The average molecular weight is 272 g/mol. The van der Waals surface area contributed by atoms with Crippen molar-refractivity contribution in [2.75, 3.05) is 13.7 Å². The lowest BCUT2D eigenvalue weighted by atomic mass is 10.2. The number of ether oxygens (including phenoxy) is 3. The monoisotopic (exact) mass is 272 g/mol. The molecule has 0 aliphatic heterocycles. The Morgan fingerprint density at radius 3 is 2.05 bits per heavy atom. The quantitative estimate of drug-likeness (QED) is 0.769. The van der Waals surface area contributed by atoms with Crippen LogP contribution in [0.4, 0.5) is 0 Å². The molecule has 0 fully saturated rings. The van der Waals surface area contributed by atoms with Gasteiger partial charge >= 0.3 is 0 Å². The molecule has 0 amide bonds. The molecule has 0 N–H and O–H groups in total. The maximum Gasteiger partial charge on any atom is 0.120 e. The van der Waals surface area contributed by atoms with Gasteiger partial charge in [0.25, 0.3) is 0 Å². The molecular formula is C17H20O3. The highest BCUT2D eigenvalue weighted by Gasteiger charge is 2.01. The Balaban J connectivity index is 1.82. The van der Waals surface area contributed by atoms with E-state index in [0.717, 1.165) is 17.1 Å². The van der Waals surface area contributed by atoms with Gasteiger partial charge in [-0.05, 0) is 36.8 Å².